The number of fused-ring (bicyclic) bond motifs is 1. The van der Waals surface area contributed by atoms with Gasteiger partial charge < -0.3 is 19.1 Å². The first-order valence-corrected chi connectivity index (χ1v) is 13.1. The molecule has 1 amide bonds. The van der Waals surface area contributed by atoms with Crippen molar-refractivity contribution in [3.8, 4) is 34.4 Å². The second kappa shape index (κ2) is 11.4. The summed E-state index contributed by atoms with van der Waals surface area (Å²) >= 11 is 0. The molecule has 0 aromatic heterocycles. The van der Waals surface area contributed by atoms with Gasteiger partial charge in [0.05, 0.1) is 11.6 Å². The minimum atomic E-state index is 0.0244. The van der Waals surface area contributed by atoms with E-state index in [4.69, 9.17) is 19.5 Å². The van der Waals surface area contributed by atoms with Crippen molar-refractivity contribution < 1.29 is 19.0 Å². The number of nitrogens with zero attached hydrogens (tertiary/aromatic N) is 2. The van der Waals surface area contributed by atoms with Crippen molar-refractivity contribution in [2.75, 3.05) is 26.5 Å². The molecule has 0 unspecified atom stereocenters. The van der Waals surface area contributed by atoms with Gasteiger partial charge in [0.1, 0.15) is 5.75 Å². The minimum absolute atomic E-state index is 0.0244. The molecule has 190 valence electrons. The van der Waals surface area contributed by atoms with Crippen LogP contribution in [0, 0.1) is 17.2 Å². The number of carbonyl (C=O) groups is 1. The molecule has 6 nitrogen and oxygen atoms in total. The molecule has 0 atom stereocenters. The number of hydrogen-bond acceptors (Lipinski definition) is 5. The SMILES string of the molecule is CCc1ccc(OCC(=O)N2CCC(CCc3ccc4c(c3)OCO4)CC2)c(-c2ccc(C#N)cc2)c1. The van der Waals surface area contributed by atoms with Crippen molar-refractivity contribution >= 4 is 5.91 Å². The fourth-order valence-electron chi connectivity index (χ4n) is 5.04. The van der Waals surface area contributed by atoms with Crippen molar-refractivity contribution in [3.63, 3.8) is 0 Å². The number of nitriles is 1. The van der Waals surface area contributed by atoms with E-state index < -0.39 is 0 Å². The van der Waals surface area contributed by atoms with Gasteiger partial charge in [-0.05, 0) is 91.1 Å². The number of carbonyl (C=O) groups excluding carboxylic acids is 1. The van der Waals surface area contributed by atoms with Gasteiger partial charge in [-0.25, -0.2) is 0 Å². The molecular formula is C31H32N2O4. The second-order valence-electron chi connectivity index (χ2n) is 9.71. The summed E-state index contributed by atoms with van der Waals surface area (Å²) < 4.78 is 16.9. The smallest absolute Gasteiger partial charge is 0.260 e. The number of hydrogen-bond donors (Lipinski definition) is 0. The number of likely N-dealkylation sites (tertiary alicyclic amines) is 1. The van der Waals surface area contributed by atoms with Crippen molar-refractivity contribution in [3.05, 3.63) is 77.4 Å². The Kier molecular flexibility index (Phi) is 7.60. The van der Waals surface area contributed by atoms with Crippen LogP contribution in [0.25, 0.3) is 11.1 Å². The van der Waals surface area contributed by atoms with E-state index in [1.54, 1.807) is 12.1 Å². The summed E-state index contributed by atoms with van der Waals surface area (Å²) in [6.07, 6.45) is 5.04. The van der Waals surface area contributed by atoms with Crippen LogP contribution in [0.2, 0.25) is 0 Å². The molecule has 0 saturated carbocycles. The Morgan fingerprint density at radius 2 is 1.76 bits per heavy atom. The maximum Gasteiger partial charge on any atom is 0.260 e. The largest absolute Gasteiger partial charge is 0.483 e. The molecular weight excluding hydrogens is 464 g/mol. The number of amides is 1. The molecule has 0 bridgehead atoms. The fourth-order valence-corrected chi connectivity index (χ4v) is 5.04. The van der Waals surface area contributed by atoms with Crippen LogP contribution in [0.4, 0.5) is 0 Å². The van der Waals surface area contributed by atoms with Crippen molar-refractivity contribution in [2.24, 2.45) is 5.92 Å². The number of benzene rings is 3. The summed E-state index contributed by atoms with van der Waals surface area (Å²) in [5.41, 5.74) is 5.00. The lowest BCUT2D eigenvalue weighted by Gasteiger charge is -2.32. The van der Waals surface area contributed by atoms with E-state index in [2.05, 4.69) is 31.2 Å². The van der Waals surface area contributed by atoms with E-state index in [1.165, 1.54) is 11.1 Å². The first kappa shape index (κ1) is 24.7. The van der Waals surface area contributed by atoms with E-state index >= 15 is 0 Å². The van der Waals surface area contributed by atoms with Crippen LogP contribution in [0.3, 0.4) is 0 Å². The zero-order valence-corrected chi connectivity index (χ0v) is 21.2. The van der Waals surface area contributed by atoms with Crippen LogP contribution in [0.1, 0.15) is 42.9 Å². The van der Waals surface area contributed by atoms with Crippen LogP contribution in [0.15, 0.2) is 60.7 Å². The van der Waals surface area contributed by atoms with Gasteiger partial charge in [0.25, 0.3) is 5.91 Å². The molecule has 1 saturated heterocycles. The summed E-state index contributed by atoms with van der Waals surface area (Å²) in [4.78, 5) is 14.9. The summed E-state index contributed by atoms with van der Waals surface area (Å²) in [7, 11) is 0. The van der Waals surface area contributed by atoms with Gasteiger partial charge >= 0.3 is 0 Å². The number of aryl methyl sites for hydroxylation is 2. The maximum absolute atomic E-state index is 13.0. The number of rotatable bonds is 8. The molecule has 0 radical (unpaired) electrons. The second-order valence-corrected chi connectivity index (χ2v) is 9.71. The minimum Gasteiger partial charge on any atom is -0.483 e. The third-order valence-electron chi connectivity index (χ3n) is 7.37. The van der Waals surface area contributed by atoms with E-state index in [9.17, 15) is 4.79 Å². The van der Waals surface area contributed by atoms with Crippen LogP contribution < -0.4 is 14.2 Å². The molecule has 2 aliphatic heterocycles. The highest BCUT2D eigenvalue weighted by molar-refractivity contribution is 5.79. The van der Waals surface area contributed by atoms with Gasteiger partial charge in [0.15, 0.2) is 18.1 Å². The average Bonchev–Trinajstić information content (AvgIpc) is 3.43. The predicted molar refractivity (Wildman–Crippen MR) is 142 cm³/mol. The topological polar surface area (TPSA) is 71.8 Å². The lowest BCUT2D eigenvalue weighted by atomic mass is 9.90. The molecule has 3 aromatic rings. The lowest BCUT2D eigenvalue weighted by Crippen LogP contribution is -2.41. The van der Waals surface area contributed by atoms with Gasteiger partial charge in [-0.15, -0.1) is 0 Å². The van der Waals surface area contributed by atoms with Gasteiger partial charge in [0.2, 0.25) is 6.79 Å². The van der Waals surface area contributed by atoms with Gasteiger partial charge in [0, 0.05) is 18.7 Å². The van der Waals surface area contributed by atoms with Crippen molar-refractivity contribution in [1.29, 1.82) is 5.26 Å². The molecule has 2 heterocycles. The van der Waals surface area contributed by atoms with E-state index in [0.717, 1.165) is 67.8 Å². The molecule has 3 aromatic carbocycles. The lowest BCUT2D eigenvalue weighted by molar-refractivity contribution is -0.134. The molecule has 37 heavy (non-hydrogen) atoms. The standard InChI is InChI=1S/C31H32N2O4/c1-2-22-7-11-28(27(17-22)26-9-5-25(19-32)6-10-26)35-20-31(34)33-15-13-23(14-16-33)3-4-24-8-12-29-30(18-24)37-21-36-29/h5-12,17-18,23H,2-4,13-16,20-21H2,1H3. The summed E-state index contributed by atoms with van der Waals surface area (Å²) in [5, 5.41) is 9.11. The highest BCUT2D eigenvalue weighted by atomic mass is 16.7. The Morgan fingerprint density at radius 3 is 2.51 bits per heavy atom. The van der Waals surface area contributed by atoms with E-state index in [-0.39, 0.29) is 12.5 Å². The van der Waals surface area contributed by atoms with Crippen LogP contribution in [-0.4, -0.2) is 37.3 Å². The van der Waals surface area contributed by atoms with Gasteiger partial charge in [-0.2, -0.15) is 5.26 Å². The molecule has 0 spiro atoms. The first-order valence-electron chi connectivity index (χ1n) is 13.1. The Hall–Kier alpha value is -3.98. The normalized spacial score (nSPS) is 14.9. The third-order valence-corrected chi connectivity index (χ3v) is 7.37. The molecule has 0 N–H and O–H groups in total. The molecule has 6 heteroatoms. The Labute approximate surface area is 218 Å². The predicted octanol–water partition coefficient (Wildman–Crippen LogP) is 5.77. The van der Waals surface area contributed by atoms with Crippen molar-refractivity contribution in [1.82, 2.24) is 4.90 Å². The van der Waals surface area contributed by atoms with Crippen LogP contribution >= 0.6 is 0 Å². The number of ether oxygens (including phenoxy) is 3. The average molecular weight is 497 g/mol. The van der Waals surface area contributed by atoms with Crippen LogP contribution in [0.5, 0.6) is 17.2 Å². The summed E-state index contributed by atoms with van der Waals surface area (Å²) in [6.45, 7) is 3.98. The zero-order valence-electron chi connectivity index (χ0n) is 21.2. The summed E-state index contributed by atoms with van der Waals surface area (Å²) in [5.74, 6) is 2.99. The Morgan fingerprint density at radius 1 is 1.00 bits per heavy atom. The van der Waals surface area contributed by atoms with Crippen molar-refractivity contribution in [2.45, 2.75) is 39.0 Å². The third kappa shape index (κ3) is 5.89. The summed E-state index contributed by atoms with van der Waals surface area (Å²) in [6, 6.07) is 21.9. The Bertz CT molecular complexity index is 1290. The van der Waals surface area contributed by atoms with Gasteiger partial charge in [-0.1, -0.05) is 31.2 Å². The quantitative estimate of drug-likeness (QED) is 0.396. The Balaban J connectivity index is 1.13. The first-order chi connectivity index (χ1) is 18.1. The highest BCUT2D eigenvalue weighted by Gasteiger charge is 2.23. The van der Waals surface area contributed by atoms with Gasteiger partial charge in [-0.3, -0.25) is 4.79 Å². The van der Waals surface area contributed by atoms with Crippen LogP contribution in [-0.2, 0) is 17.6 Å². The van der Waals surface area contributed by atoms with E-state index in [0.29, 0.717) is 24.0 Å². The molecule has 5 rings (SSSR count). The zero-order chi connectivity index (χ0) is 25.6. The number of piperidine rings is 1. The molecule has 0 aliphatic carbocycles. The van der Waals surface area contributed by atoms with E-state index in [1.807, 2.05) is 35.2 Å². The fraction of sp³-hybridized carbons (Fsp3) is 0.355. The molecule has 2 aliphatic rings. The highest BCUT2D eigenvalue weighted by Crippen LogP contribution is 2.34. The monoisotopic (exact) mass is 496 g/mol. The molecule has 1 fully saturated rings. The maximum atomic E-state index is 13.0.